The van der Waals surface area contributed by atoms with Crippen molar-refractivity contribution in [3.63, 3.8) is 0 Å². The molecule has 1 aliphatic heterocycles. The first-order valence-corrected chi connectivity index (χ1v) is 7.49. The molecule has 0 amide bonds. The molecule has 1 saturated heterocycles. The van der Waals surface area contributed by atoms with Crippen LogP contribution < -0.4 is 5.73 Å². The minimum Gasteiger partial charge on any atom is -0.375 e. The molecular formula is C12H26IN3OS. The molecule has 0 radical (unpaired) electrons. The van der Waals surface area contributed by atoms with Crippen LogP contribution >= 0.6 is 35.7 Å². The van der Waals surface area contributed by atoms with Gasteiger partial charge in [-0.3, -0.25) is 4.99 Å². The van der Waals surface area contributed by atoms with Crippen molar-refractivity contribution in [2.75, 3.05) is 37.7 Å². The monoisotopic (exact) mass is 387 g/mol. The van der Waals surface area contributed by atoms with E-state index in [-0.39, 0.29) is 30.1 Å². The van der Waals surface area contributed by atoms with Crippen LogP contribution in [0, 0.1) is 5.92 Å². The zero-order chi connectivity index (χ0) is 12.7. The molecule has 1 rings (SSSR count). The lowest BCUT2D eigenvalue weighted by Gasteiger charge is -2.31. The Hall–Kier alpha value is 0.310. The Bertz CT molecular complexity index is 251. The normalized spacial score (nSPS) is 21.0. The van der Waals surface area contributed by atoms with Crippen molar-refractivity contribution in [2.24, 2.45) is 16.6 Å². The quantitative estimate of drug-likeness (QED) is 0.340. The summed E-state index contributed by atoms with van der Waals surface area (Å²) < 4.78 is 5.47. The number of hydrogen-bond acceptors (Lipinski definition) is 3. The van der Waals surface area contributed by atoms with E-state index in [0.29, 0.717) is 5.96 Å². The summed E-state index contributed by atoms with van der Waals surface area (Å²) in [7, 11) is 0. The summed E-state index contributed by atoms with van der Waals surface area (Å²) in [6, 6.07) is 0. The molecule has 1 heterocycles. The van der Waals surface area contributed by atoms with Gasteiger partial charge in [0.05, 0.1) is 19.3 Å². The number of aliphatic imine (C=N–C) groups is 1. The van der Waals surface area contributed by atoms with Gasteiger partial charge in [0.2, 0.25) is 0 Å². The van der Waals surface area contributed by atoms with E-state index in [1.807, 2.05) is 11.8 Å². The van der Waals surface area contributed by atoms with Crippen LogP contribution in [0.25, 0.3) is 0 Å². The van der Waals surface area contributed by atoms with Crippen LogP contribution in [0.2, 0.25) is 0 Å². The molecule has 18 heavy (non-hydrogen) atoms. The van der Waals surface area contributed by atoms with Crippen LogP contribution in [-0.2, 0) is 4.74 Å². The molecule has 2 N–H and O–H groups in total. The van der Waals surface area contributed by atoms with Crippen LogP contribution in [0.3, 0.4) is 0 Å². The summed E-state index contributed by atoms with van der Waals surface area (Å²) in [5.74, 6) is 3.68. The summed E-state index contributed by atoms with van der Waals surface area (Å²) in [5, 5.41) is 0. The summed E-state index contributed by atoms with van der Waals surface area (Å²) in [6.45, 7) is 9.82. The number of guanidine groups is 1. The first kappa shape index (κ1) is 18.3. The number of nitrogens with two attached hydrogens (primary N) is 1. The summed E-state index contributed by atoms with van der Waals surface area (Å²) in [6.07, 6.45) is 0.257. The van der Waals surface area contributed by atoms with Gasteiger partial charge in [-0.2, -0.15) is 11.8 Å². The number of thioether (sulfide) groups is 1. The maximum absolute atomic E-state index is 5.96. The van der Waals surface area contributed by atoms with Gasteiger partial charge >= 0.3 is 0 Å². The Kier molecular flexibility index (Phi) is 10.3. The summed E-state index contributed by atoms with van der Waals surface area (Å²) in [5.41, 5.74) is 5.96. The van der Waals surface area contributed by atoms with Crippen molar-refractivity contribution in [1.29, 1.82) is 0 Å². The highest BCUT2D eigenvalue weighted by Gasteiger charge is 2.17. The van der Waals surface area contributed by atoms with Gasteiger partial charge < -0.3 is 15.4 Å². The molecule has 1 aliphatic rings. The van der Waals surface area contributed by atoms with E-state index >= 15 is 0 Å². The van der Waals surface area contributed by atoms with E-state index in [0.717, 1.165) is 37.9 Å². The topological polar surface area (TPSA) is 50.8 Å². The summed E-state index contributed by atoms with van der Waals surface area (Å²) in [4.78, 5) is 6.54. The lowest BCUT2D eigenvalue weighted by atomic mass is 10.3. The average molecular weight is 387 g/mol. The Morgan fingerprint density at radius 2 is 2.28 bits per heavy atom. The van der Waals surface area contributed by atoms with Crippen molar-refractivity contribution in [3.8, 4) is 0 Å². The van der Waals surface area contributed by atoms with Gasteiger partial charge in [-0.15, -0.1) is 24.0 Å². The second kappa shape index (κ2) is 10.1. The third-order valence-electron chi connectivity index (χ3n) is 2.53. The largest absolute Gasteiger partial charge is 0.375 e. The fourth-order valence-electron chi connectivity index (χ4n) is 1.67. The van der Waals surface area contributed by atoms with E-state index in [1.165, 1.54) is 5.75 Å². The minimum atomic E-state index is 0. The predicted octanol–water partition coefficient (Wildman–Crippen LogP) is 2.03. The smallest absolute Gasteiger partial charge is 0.191 e. The zero-order valence-electron chi connectivity index (χ0n) is 11.6. The molecule has 0 aromatic carbocycles. The van der Waals surface area contributed by atoms with Gasteiger partial charge in [-0.1, -0.05) is 13.8 Å². The molecule has 0 aromatic heterocycles. The number of hydrogen-bond donors (Lipinski definition) is 1. The molecule has 6 heteroatoms. The van der Waals surface area contributed by atoms with Crippen LogP contribution in [0.1, 0.15) is 20.8 Å². The fourth-order valence-corrected chi connectivity index (χ4v) is 2.53. The van der Waals surface area contributed by atoms with Gasteiger partial charge in [0.1, 0.15) is 0 Å². The molecule has 1 atom stereocenters. The average Bonchev–Trinajstić information content (AvgIpc) is 2.28. The van der Waals surface area contributed by atoms with Crippen molar-refractivity contribution in [2.45, 2.75) is 26.9 Å². The number of rotatable bonds is 5. The Morgan fingerprint density at radius 3 is 2.89 bits per heavy atom. The molecule has 1 unspecified atom stereocenters. The van der Waals surface area contributed by atoms with Crippen LogP contribution in [-0.4, -0.2) is 54.7 Å². The zero-order valence-corrected chi connectivity index (χ0v) is 14.7. The van der Waals surface area contributed by atoms with Crippen molar-refractivity contribution < 1.29 is 4.74 Å². The second-order valence-corrected chi connectivity index (χ2v) is 5.99. The Labute approximate surface area is 132 Å². The lowest BCUT2D eigenvalue weighted by molar-refractivity contribution is 0.00531. The van der Waals surface area contributed by atoms with E-state index in [2.05, 4.69) is 30.7 Å². The highest BCUT2D eigenvalue weighted by atomic mass is 127. The minimum absolute atomic E-state index is 0. The second-order valence-electron chi connectivity index (χ2n) is 4.84. The van der Waals surface area contributed by atoms with E-state index in [9.17, 15) is 0 Å². The van der Waals surface area contributed by atoms with Crippen LogP contribution in [0.5, 0.6) is 0 Å². The van der Waals surface area contributed by atoms with Gasteiger partial charge in [-0.25, -0.2) is 0 Å². The first-order valence-electron chi connectivity index (χ1n) is 6.33. The molecule has 0 saturated carbocycles. The molecule has 0 aliphatic carbocycles. The standard InChI is InChI=1S/C12H25N3OS.HI/c1-10(2)9-17-7-4-14-12(13)15-5-6-16-11(3)8-15;/h10-11H,4-9H2,1-3H3,(H2,13,14);1H. The Morgan fingerprint density at radius 1 is 1.56 bits per heavy atom. The molecule has 4 nitrogen and oxygen atoms in total. The Balaban J connectivity index is 0.00000289. The number of nitrogens with zero attached hydrogens (tertiary/aromatic N) is 2. The number of halogens is 1. The lowest BCUT2D eigenvalue weighted by Crippen LogP contribution is -2.48. The molecular weight excluding hydrogens is 361 g/mol. The van der Waals surface area contributed by atoms with E-state index in [4.69, 9.17) is 10.5 Å². The molecule has 1 fully saturated rings. The first-order chi connectivity index (χ1) is 8.09. The van der Waals surface area contributed by atoms with E-state index in [1.54, 1.807) is 0 Å². The van der Waals surface area contributed by atoms with Gasteiger partial charge in [0, 0.05) is 18.8 Å². The van der Waals surface area contributed by atoms with Gasteiger partial charge in [0.15, 0.2) is 5.96 Å². The van der Waals surface area contributed by atoms with E-state index < -0.39 is 0 Å². The fraction of sp³-hybridized carbons (Fsp3) is 0.917. The SMILES string of the molecule is CC(C)CSCCN=C(N)N1CCOC(C)C1.I. The molecule has 0 bridgehead atoms. The molecule has 108 valence electrons. The molecule has 0 aromatic rings. The van der Waals surface area contributed by atoms with Crippen molar-refractivity contribution >= 4 is 41.7 Å². The maximum Gasteiger partial charge on any atom is 0.191 e. The van der Waals surface area contributed by atoms with Crippen molar-refractivity contribution in [3.05, 3.63) is 0 Å². The predicted molar refractivity (Wildman–Crippen MR) is 91.1 cm³/mol. The van der Waals surface area contributed by atoms with Crippen LogP contribution in [0.4, 0.5) is 0 Å². The van der Waals surface area contributed by atoms with Crippen LogP contribution in [0.15, 0.2) is 4.99 Å². The number of ether oxygens (including phenoxy) is 1. The van der Waals surface area contributed by atoms with Crippen molar-refractivity contribution in [1.82, 2.24) is 4.90 Å². The maximum atomic E-state index is 5.96. The molecule has 0 spiro atoms. The third-order valence-corrected chi connectivity index (χ3v) is 3.90. The third kappa shape index (κ3) is 7.68. The number of morpholine rings is 1. The highest BCUT2D eigenvalue weighted by Crippen LogP contribution is 2.07. The van der Waals surface area contributed by atoms with Gasteiger partial charge in [-0.05, 0) is 18.6 Å². The highest BCUT2D eigenvalue weighted by molar-refractivity contribution is 14.0. The summed E-state index contributed by atoms with van der Waals surface area (Å²) >= 11 is 1.94. The van der Waals surface area contributed by atoms with Gasteiger partial charge in [0.25, 0.3) is 0 Å².